The molecule has 0 saturated heterocycles. The number of carbonyl (C=O) groups is 1. The van der Waals surface area contributed by atoms with Crippen LogP contribution in [0.1, 0.15) is 23.8 Å². The summed E-state index contributed by atoms with van der Waals surface area (Å²) in [6.45, 7) is 2.79. The third-order valence-electron chi connectivity index (χ3n) is 3.94. The lowest BCUT2D eigenvalue weighted by atomic mass is 10.1. The molecule has 0 unspecified atom stereocenters. The van der Waals surface area contributed by atoms with Gasteiger partial charge in [0.1, 0.15) is 10.0 Å². The fraction of sp³-hybridized carbons (Fsp3) is 0.312. The lowest BCUT2D eigenvalue weighted by Crippen LogP contribution is -2.34. The van der Waals surface area contributed by atoms with Gasteiger partial charge in [0, 0.05) is 29.4 Å². The van der Waals surface area contributed by atoms with E-state index >= 15 is 0 Å². The lowest BCUT2D eigenvalue weighted by Gasteiger charge is -2.26. The number of fused-ring (bicyclic) bond motifs is 1. The number of halogens is 2. The summed E-state index contributed by atoms with van der Waals surface area (Å²) in [6.07, 6.45) is 1.04. The number of carbonyl (C=O) groups excluding carboxylic acids is 1. The molecule has 134 valence electrons. The Labute approximate surface area is 154 Å². The van der Waals surface area contributed by atoms with Crippen molar-refractivity contribution in [3.8, 4) is 0 Å². The Balaban J connectivity index is 1.85. The summed E-state index contributed by atoms with van der Waals surface area (Å²) in [5.41, 5.74) is 0.675. The molecule has 0 bridgehead atoms. The van der Waals surface area contributed by atoms with Crippen molar-refractivity contribution < 1.29 is 17.6 Å². The van der Waals surface area contributed by atoms with Gasteiger partial charge < -0.3 is 4.90 Å². The second-order valence-electron chi connectivity index (χ2n) is 5.66. The van der Waals surface area contributed by atoms with Gasteiger partial charge in [-0.3, -0.25) is 9.52 Å². The number of amides is 1. The summed E-state index contributed by atoms with van der Waals surface area (Å²) in [6, 6.07) is 5.30. The molecule has 1 aromatic heterocycles. The molecule has 1 N–H and O–H groups in total. The second-order valence-corrected chi connectivity index (χ2v) is 9.14. The van der Waals surface area contributed by atoms with Crippen molar-refractivity contribution in [2.75, 3.05) is 11.3 Å². The van der Waals surface area contributed by atoms with Crippen molar-refractivity contribution >= 4 is 44.6 Å². The Bertz CT molecular complexity index is 927. The molecule has 0 atom stereocenters. The molecule has 1 aliphatic heterocycles. The Morgan fingerprint density at radius 1 is 1.40 bits per heavy atom. The molecule has 0 saturated carbocycles. The van der Waals surface area contributed by atoms with E-state index in [9.17, 15) is 17.6 Å². The SMILES string of the molecule is CCC(=O)N1CCc2sc(S(=O)(=O)Nc3ccc(Cl)cc3F)cc2C1. The fourth-order valence-electron chi connectivity index (χ4n) is 2.64. The Hall–Kier alpha value is -1.64. The first-order valence-electron chi connectivity index (χ1n) is 7.67. The summed E-state index contributed by atoms with van der Waals surface area (Å²) in [5, 5.41) is 0.188. The minimum Gasteiger partial charge on any atom is -0.338 e. The maximum Gasteiger partial charge on any atom is 0.271 e. The molecule has 1 aliphatic rings. The van der Waals surface area contributed by atoms with Gasteiger partial charge in [0.25, 0.3) is 10.0 Å². The molecule has 25 heavy (non-hydrogen) atoms. The Kier molecular flexibility index (Phi) is 5.04. The van der Waals surface area contributed by atoms with Crippen LogP contribution in [0.3, 0.4) is 0 Å². The van der Waals surface area contributed by atoms with Crippen LogP contribution in [0.5, 0.6) is 0 Å². The van der Waals surface area contributed by atoms with Crippen LogP contribution in [0.4, 0.5) is 10.1 Å². The van der Waals surface area contributed by atoms with Crippen molar-refractivity contribution in [1.82, 2.24) is 4.90 Å². The predicted octanol–water partition coefficient (Wildman–Crippen LogP) is 3.64. The van der Waals surface area contributed by atoms with Gasteiger partial charge >= 0.3 is 0 Å². The van der Waals surface area contributed by atoms with Crippen molar-refractivity contribution in [2.45, 2.75) is 30.5 Å². The van der Waals surface area contributed by atoms with Crippen LogP contribution in [0, 0.1) is 5.82 Å². The average molecular weight is 403 g/mol. The van der Waals surface area contributed by atoms with E-state index < -0.39 is 15.8 Å². The van der Waals surface area contributed by atoms with Gasteiger partial charge in [0.05, 0.1) is 5.69 Å². The molecule has 3 rings (SSSR count). The molecular formula is C16H16ClFN2O3S2. The number of benzene rings is 1. The van der Waals surface area contributed by atoms with Crippen molar-refractivity contribution in [2.24, 2.45) is 0 Å². The monoisotopic (exact) mass is 402 g/mol. The van der Waals surface area contributed by atoms with Crippen molar-refractivity contribution in [3.63, 3.8) is 0 Å². The molecule has 0 spiro atoms. The largest absolute Gasteiger partial charge is 0.338 e. The molecule has 2 aromatic rings. The molecule has 1 amide bonds. The zero-order valence-electron chi connectivity index (χ0n) is 13.4. The van der Waals surface area contributed by atoms with E-state index in [4.69, 9.17) is 11.6 Å². The molecule has 0 fully saturated rings. The topological polar surface area (TPSA) is 66.5 Å². The molecule has 0 aliphatic carbocycles. The van der Waals surface area contributed by atoms with Gasteiger partial charge in [-0.1, -0.05) is 18.5 Å². The normalized spacial score (nSPS) is 14.3. The number of sulfonamides is 1. The van der Waals surface area contributed by atoms with Crippen LogP contribution in [0.2, 0.25) is 5.02 Å². The highest BCUT2D eigenvalue weighted by Gasteiger charge is 2.26. The van der Waals surface area contributed by atoms with Crippen LogP contribution in [0.25, 0.3) is 0 Å². The molecule has 5 nitrogen and oxygen atoms in total. The standard InChI is InChI=1S/C16H16ClFN2O3S2/c1-2-15(21)20-6-5-14-10(9-20)7-16(24-14)25(22,23)19-13-4-3-11(17)8-12(13)18/h3-4,7-8,19H,2,5-6,9H2,1H3. The van der Waals surface area contributed by atoms with Crippen molar-refractivity contribution in [3.05, 3.63) is 45.5 Å². The second kappa shape index (κ2) is 6.93. The van der Waals surface area contributed by atoms with Crippen LogP contribution in [-0.4, -0.2) is 25.8 Å². The van der Waals surface area contributed by atoms with E-state index in [0.717, 1.165) is 27.8 Å². The third kappa shape index (κ3) is 3.80. The molecule has 1 aromatic carbocycles. The Morgan fingerprint density at radius 2 is 2.16 bits per heavy atom. The van der Waals surface area contributed by atoms with Crippen molar-refractivity contribution in [1.29, 1.82) is 0 Å². The fourth-order valence-corrected chi connectivity index (χ4v) is 5.41. The predicted molar refractivity (Wildman–Crippen MR) is 95.9 cm³/mol. The zero-order valence-corrected chi connectivity index (χ0v) is 15.8. The van der Waals surface area contributed by atoms with Gasteiger partial charge in [-0.2, -0.15) is 0 Å². The smallest absolute Gasteiger partial charge is 0.271 e. The molecule has 0 radical (unpaired) electrons. The van der Waals surface area contributed by atoms with Gasteiger partial charge in [0.2, 0.25) is 5.91 Å². The van der Waals surface area contributed by atoms with Gasteiger partial charge in [0.15, 0.2) is 0 Å². The van der Waals surface area contributed by atoms with E-state index in [0.29, 0.717) is 25.9 Å². The third-order valence-corrected chi connectivity index (χ3v) is 7.25. The summed E-state index contributed by atoms with van der Waals surface area (Å²) in [4.78, 5) is 14.5. The minimum absolute atomic E-state index is 0.0441. The summed E-state index contributed by atoms with van der Waals surface area (Å²) in [5.74, 6) is -0.695. The first kappa shape index (κ1) is 18.2. The Morgan fingerprint density at radius 3 is 2.84 bits per heavy atom. The summed E-state index contributed by atoms with van der Waals surface area (Å²) < 4.78 is 41.3. The highest BCUT2D eigenvalue weighted by atomic mass is 35.5. The average Bonchev–Trinajstić information content (AvgIpc) is 3.01. The van der Waals surface area contributed by atoms with Crippen LogP contribution >= 0.6 is 22.9 Å². The molecule has 2 heterocycles. The van der Waals surface area contributed by atoms with Crippen LogP contribution in [-0.2, 0) is 27.8 Å². The number of rotatable bonds is 4. The zero-order chi connectivity index (χ0) is 18.2. The van der Waals surface area contributed by atoms with Gasteiger partial charge in [-0.05, 0) is 36.2 Å². The highest BCUT2D eigenvalue weighted by molar-refractivity contribution is 7.94. The number of thiophene rings is 1. The molecular weight excluding hydrogens is 387 g/mol. The minimum atomic E-state index is -3.90. The maximum atomic E-state index is 13.9. The van der Waals surface area contributed by atoms with E-state index in [1.165, 1.54) is 12.1 Å². The van der Waals surface area contributed by atoms with Crippen LogP contribution in [0.15, 0.2) is 28.5 Å². The molecule has 9 heteroatoms. The number of hydrogen-bond acceptors (Lipinski definition) is 4. The van der Waals surface area contributed by atoms with E-state index in [1.54, 1.807) is 17.9 Å². The van der Waals surface area contributed by atoms with Gasteiger partial charge in [-0.25, -0.2) is 12.8 Å². The summed E-state index contributed by atoms with van der Waals surface area (Å²) >= 11 is 6.83. The van der Waals surface area contributed by atoms with Crippen LogP contribution < -0.4 is 4.72 Å². The van der Waals surface area contributed by atoms with Gasteiger partial charge in [-0.15, -0.1) is 11.3 Å². The number of nitrogens with zero attached hydrogens (tertiary/aromatic N) is 1. The van der Waals surface area contributed by atoms with E-state index in [2.05, 4.69) is 4.72 Å². The number of anilines is 1. The van der Waals surface area contributed by atoms with E-state index in [-0.39, 0.29) is 20.8 Å². The van der Waals surface area contributed by atoms with E-state index in [1.807, 2.05) is 0 Å². The highest BCUT2D eigenvalue weighted by Crippen LogP contribution is 2.32. The lowest BCUT2D eigenvalue weighted by molar-refractivity contribution is -0.131. The number of nitrogens with one attached hydrogen (secondary N) is 1. The summed E-state index contributed by atoms with van der Waals surface area (Å²) in [7, 11) is -3.90. The quantitative estimate of drug-likeness (QED) is 0.849. The first-order valence-corrected chi connectivity index (χ1v) is 10.3. The first-order chi connectivity index (χ1) is 11.8. The maximum absolute atomic E-state index is 13.9. The number of hydrogen-bond donors (Lipinski definition) is 1.